The van der Waals surface area contributed by atoms with Crippen LogP contribution in [0.25, 0.3) is 11.5 Å². The number of aromatic nitrogens is 3. The van der Waals surface area contributed by atoms with Crippen LogP contribution in [0.15, 0.2) is 40.9 Å². The van der Waals surface area contributed by atoms with Crippen LogP contribution in [0.5, 0.6) is 0 Å². The Morgan fingerprint density at radius 3 is 2.45 bits per heavy atom. The fraction of sp³-hybridized carbons (Fsp3) is 0.333. The smallest absolute Gasteiger partial charge is 0.321 e. The summed E-state index contributed by atoms with van der Waals surface area (Å²) in [5.41, 5.74) is 0.810. The molecule has 1 N–H and O–H groups in total. The molecule has 0 atom stereocenters. The molecule has 162 valence electrons. The quantitative estimate of drug-likeness (QED) is 0.679. The molecule has 1 aliphatic rings. The van der Waals surface area contributed by atoms with Crippen molar-refractivity contribution in [3.05, 3.63) is 54.1 Å². The molecular formula is C21H22F2N6O2. The van der Waals surface area contributed by atoms with E-state index in [0.29, 0.717) is 43.8 Å². The highest BCUT2D eigenvalue weighted by Crippen LogP contribution is 2.29. The second kappa shape index (κ2) is 8.66. The molecule has 0 aliphatic carbocycles. The summed E-state index contributed by atoms with van der Waals surface area (Å²) in [6.07, 6.45) is 1.69. The van der Waals surface area contributed by atoms with Crippen molar-refractivity contribution in [2.75, 3.05) is 36.4 Å². The lowest BCUT2D eigenvalue weighted by Crippen LogP contribution is -2.50. The molecule has 0 radical (unpaired) electrons. The molecule has 1 aromatic carbocycles. The van der Waals surface area contributed by atoms with Gasteiger partial charge in [0, 0.05) is 50.0 Å². The van der Waals surface area contributed by atoms with Gasteiger partial charge in [-0.15, -0.1) is 10.2 Å². The summed E-state index contributed by atoms with van der Waals surface area (Å²) in [6.45, 7) is 5.84. The zero-order chi connectivity index (χ0) is 22.0. The van der Waals surface area contributed by atoms with Crippen LogP contribution in [0.3, 0.4) is 0 Å². The maximum absolute atomic E-state index is 13.3. The number of hydrogen-bond donors (Lipinski definition) is 1. The number of nitrogens with zero attached hydrogens (tertiary/aromatic N) is 5. The average Bonchev–Trinajstić information content (AvgIpc) is 3.24. The van der Waals surface area contributed by atoms with E-state index in [-0.39, 0.29) is 11.6 Å². The lowest BCUT2D eigenvalue weighted by molar-refractivity contribution is 0.208. The standard InChI is InChI=1S/C21H22F2N6O2/c1-13(2)19-26-27-20(31-19)17-4-3-5-24-18(17)28-6-8-29(9-7-28)21(30)25-16-11-14(22)10-15(23)12-16/h3-5,10-13H,6-9H2,1-2H3,(H,25,30). The van der Waals surface area contributed by atoms with Crippen molar-refractivity contribution < 1.29 is 18.0 Å². The van der Waals surface area contributed by atoms with Gasteiger partial charge in [0.2, 0.25) is 5.89 Å². The van der Waals surface area contributed by atoms with Crippen molar-refractivity contribution in [1.29, 1.82) is 0 Å². The first kappa shape index (κ1) is 20.7. The molecule has 31 heavy (non-hydrogen) atoms. The highest BCUT2D eigenvalue weighted by molar-refractivity contribution is 5.89. The first-order valence-electron chi connectivity index (χ1n) is 9.96. The first-order valence-corrected chi connectivity index (χ1v) is 9.96. The van der Waals surface area contributed by atoms with Gasteiger partial charge in [-0.1, -0.05) is 13.8 Å². The number of anilines is 2. The molecule has 1 saturated heterocycles. The summed E-state index contributed by atoms with van der Waals surface area (Å²) in [7, 11) is 0. The number of carbonyl (C=O) groups is 1. The summed E-state index contributed by atoms with van der Waals surface area (Å²) in [5, 5.41) is 10.8. The van der Waals surface area contributed by atoms with Crippen molar-refractivity contribution in [3.63, 3.8) is 0 Å². The van der Waals surface area contributed by atoms with Gasteiger partial charge in [0.25, 0.3) is 5.89 Å². The lowest BCUT2D eigenvalue weighted by atomic mass is 10.2. The van der Waals surface area contributed by atoms with Crippen molar-refractivity contribution in [3.8, 4) is 11.5 Å². The molecule has 0 saturated carbocycles. The van der Waals surface area contributed by atoms with Gasteiger partial charge in [0.05, 0.1) is 5.56 Å². The van der Waals surface area contributed by atoms with Gasteiger partial charge >= 0.3 is 6.03 Å². The van der Waals surface area contributed by atoms with Gasteiger partial charge in [-0.05, 0) is 24.3 Å². The third kappa shape index (κ3) is 4.62. The Bertz CT molecular complexity index is 1060. The van der Waals surface area contributed by atoms with Crippen molar-refractivity contribution >= 4 is 17.5 Å². The van der Waals surface area contributed by atoms with Crippen LogP contribution in [-0.2, 0) is 0 Å². The summed E-state index contributed by atoms with van der Waals surface area (Å²) in [5.74, 6) is 0.290. The van der Waals surface area contributed by atoms with Crippen LogP contribution in [0, 0.1) is 11.6 Å². The van der Waals surface area contributed by atoms with Gasteiger partial charge in [-0.25, -0.2) is 18.6 Å². The number of urea groups is 1. The Balaban J connectivity index is 1.43. The van der Waals surface area contributed by atoms with Gasteiger partial charge in [-0.3, -0.25) is 0 Å². The number of benzene rings is 1. The van der Waals surface area contributed by atoms with Crippen molar-refractivity contribution in [2.24, 2.45) is 0 Å². The van der Waals surface area contributed by atoms with E-state index in [4.69, 9.17) is 4.42 Å². The first-order chi connectivity index (χ1) is 14.9. The second-order valence-electron chi connectivity index (χ2n) is 7.54. The molecular weight excluding hydrogens is 406 g/mol. The van der Waals surface area contributed by atoms with Crippen LogP contribution in [0.1, 0.15) is 25.7 Å². The van der Waals surface area contributed by atoms with Gasteiger partial charge < -0.3 is 19.5 Å². The number of rotatable bonds is 4. The molecule has 3 heterocycles. The zero-order valence-electron chi connectivity index (χ0n) is 17.2. The molecule has 0 unspecified atom stereocenters. The highest BCUT2D eigenvalue weighted by atomic mass is 19.1. The highest BCUT2D eigenvalue weighted by Gasteiger charge is 2.25. The van der Waals surface area contributed by atoms with Crippen LogP contribution >= 0.6 is 0 Å². The molecule has 10 heteroatoms. The molecule has 3 aromatic rings. The minimum absolute atomic E-state index is 0.0780. The Morgan fingerprint density at radius 2 is 1.81 bits per heavy atom. The normalized spacial score (nSPS) is 14.2. The summed E-state index contributed by atoms with van der Waals surface area (Å²) >= 11 is 0. The van der Waals surface area contributed by atoms with E-state index >= 15 is 0 Å². The van der Waals surface area contributed by atoms with E-state index in [1.54, 1.807) is 17.2 Å². The van der Waals surface area contributed by atoms with E-state index in [0.717, 1.165) is 23.8 Å². The van der Waals surface area contributed by atoms with Gasteiger partial charge in [0.1, 0.15) is 17.5 Å². The lowest BCUT2D eigenvalue weighted by Gasteiger charge is -2.35. The number of amides is 2. The predicted molar refractivity (Wildman–Crippen MR) is 111 cm³/mol. The number of piperazine rings is 1. The van der Waals surface area contributed by atoms with E-state index in [1.165, 1.54) is 0 Å². The Labute approximate surface area is 177 Å². The van der Waals surface area contributed by atoms with Crippen LogP contribution in [0.4, 0.5) is 25.1 Å². The monoisotopic (exact) mass is 428 g/mol. The van der Waals surface area contributed by atoms with Crippen molar-refractivity contribution in [2.45, 2.75) is 19.8 Å². The summed E-state index contributed by atoms with van der Waals surface area (Å²) in [6, 6.07) is 6.17. The predicted octanol–water partition coefficient (Wildman–Crippen LogP) is 3.89. The topological polar surface area (TPSA) is 87.4 Å². The average molecular weight is 428 g/mol. The maximum Gasteiger partial charge on any atom is 0.321 e. The number of pyridine rings is 1. The minimum Gasteiger partial charge on any atom is -0.420 e. The molecule has 8 nitrogen and oxygen atoms in total. The maximum atomic E-state index is 13.3. The summed E-state index contributed by atoms with van der Waals surface area (Å²) < 4.78 is 32.5. The second-order valence-corrected chi connectivity index (χ2v) is 7.54. The fourth-order valence-electron chi connectivity index (χ4n) is 3.34. The van der Waals surface area contributed by atoms with E-state index in [9.17, 15) is 13.6 Å². The molecule has 1 fully saturated rings. The third-order valence-electron chi connectivity index (χ3n) is 4.93. The SMILES string of the molecule is CC(C)c1nnc(-c2cccnc2N2CCN(C(=O)Nc3cc(F)cc(F)c3)CC2)o1. The molecule has 0 spiro atoms. The van der Waals surface area contributed by atoms with Crippen LogP contribution in [-0.4, -0.2) is 52.3 Å². The summed E-state index contributed by atoms with van der Waals surface area (Å²) in [4.78, 5) is 20.6. The van der Waals surface area contributed by atoms with Gasteiger partial charge in [0.15, 0.2) is 0 Å². The molecule has 0 bridgehead atoms. The number of carbonyl (C=O) groups excluding carboxylic acids is 1. The third-order valence-corrected chi connectivity index (χ3v) is 4.93. The number of halogens is 2. The Hall–Kier alpha value is -3.56. The van der Waals surface area contributed by atoms with Gasteiger partial charge in [-0.2, -0.15) is 0 Å². The zero-order valence-corrected chi connectivity index (χ0v) is 17.2. The number of hydrogen-bond acceptors (Lipinski definition) is 6. The number of nitrogens with one attached hydrogen (secondary N) is 1. The van der Waals surface area contributed by atoms with Crippen molar-refractivity contribution in [1.82, 2.24) is 20.1 Å². The molecule has 1 aliphatic heterocycles. The molecule has 2 aromatic heterocycles. The molecule has 4 rings (SSSR count). The Morgan fingerprint density at radius 1 is 1.10 bits per heavy atom. The van der Waals surface area contributed by atoms with E-state index in [1.807, 2.05) is 24.8 Å². The minimum atomic E-state index is -0.746. The Kier molecular flexibility index (Phi) is 5.79. The fourth-order valence-corrected chi connectivity index (χ4v) is 3.34. The van der Waals surface area contributed by atoms with E-state index in [2.05, 4.69) is 20.5 Å². The largest absolute Gasteiger partial charge is 0.420 e. The molecule has 2 amide bonds. The van der Waals surface area contributed by atoms with Crippen LogP contribution in [0.2, 0.25) is 0 Å². The van der Waals surface area contributed by atoms with E-state index < -0.39 is 17.7 Å². The van der Waals surface area contributed by atoms with Crippen LogP contribution < -0.4 is 10.2 Å².